The van der Waals surface area contributed by atoms with Crippen molar-refractivity contribution in [2.24, 2.45) is 5.73 Å². The monoisotopic (exact) mass is 200 g/mol. The Hall–Kier alpha value is -1.49. The minimum absolute atomic E-state index is 0.0430. The second-order valence-corrected chi connectivity index (χ2v) is 2.79. The molecule has 1 amide bonds. The van der Waals surface area contributed by atoms with Gasteiger partial charge in [-0.2, -0.15) is 0 Å². The van der Waals surface area contributed by atoms with Crippen molar-refractivity contribution in [2.75, 3.05) is 7.05 Å². The van der Waals surface area contributed by atoms with Crippen molar-refractivity contribution in [3.63, 3.8) is 0 Å². The zero-order valence-corrected chi connectivity index (χ0v) is 7.55. The minimum atomic E-state index is -0.935. The Labute approximate surface area is 79.9 Å². The topological polar surface area (TPSA) is 55.1 Å². The Balaban J connectivity index is 3.10. The predicted molar refractivity (Wildman–Crippen MR) is 47.4 cm³/mol. The highest BCUT2D eigenvalue weighted by molar-refractivity contribution is 5.81. The Morgan fingerprint density at radius 3 is 2.57 bits per heavy atom. The Kier molecular flexibility index (Phi) is 3.14. The van der Waals surface area contributed by atoms with Crippen molar-refractivity contribution >= 4 is 5.91 Å². The summed E-state index contributed by atoms with van der Waals surface area (Å²) in [6.45, 7) is 0. The van der Waals surface area contributed by atoms with E-state index < -0.39 is 23.6 Å². The van der Waals surface area contributed by atoms with Crippen LogP contribution < -0.4 is 11.1 Å². The molecule has 1 rings (SSSR count). The molecule has 76 valence electrons. The number of amides is 1. The van der Waals surface area contributed by atoms with E-state index in [1.54, 1.807) is 0 Å². The molecule has 0 unspecified atom stereocenters. The largest absolute Gasteiger partial charge is 0.368 e. The SMILES string of the molecule is CN[C@@H](C(N)=O)c1ccc(F)cc1F. The van der Waals surface area contributed by atoms with Gasteiger partial charge in [-0.15, -0.1) is 0 Å². The number of carbonyl (C=O) groups is 1. The van der Waals surface area contributed by atoms with E-state index in [0.717, 1.165) is 6.07 Å². The summed E-state index contributed by atoms with van der Waals surface area (Å²) in [4.78, 5) is 10.9. The van der Waals surface area contributed by atoms with Crippen molar-refractivity contribution in [3.05, 3.63) is 35.4 Å². The van der Waals surface area contributed by atoms with Gasteiger partial charge in [0.25, 0.3) is 0 Å². The number of nitrogens with one attached hydrogen (secondary N) is 1. The first-order valence-electron chi connectivity index (χ1n) is 3.97. The van der Waals surface area contributed by atoms with Gasteiger partial charge in [0, 0.05) is 11.6 Å². The highest BCUT2D eigenvalue weighted by atomic mass is 19.1. The quantitative estimate of drug-likeness (QED) is 0.755. The molecule has 0 heterocycles. The summed E-state index contributed by atoms with van der Waals surface area (Å²) in [7, 11) is 1.47. The fourth-order valence-electron chi connectivity index (χ4n) is 1.19. The average molecular weight is 200 g/mol. The number of likely N-dealkylation sites (N-methyl/N-ethyl adjacent to an activating group) is 1. The molecular weight excluding hydrogens is 190 g/mol. The fraction of sp³-hybridized carbons (Fsp3) is 0.222. The summed E-state index contributed by atoms with van der Waals surface area (Å²) >= 11 is 0. The van der Waals surface area contributed by atoms with Gasteiger partial charge in [0.15, 0.2) is 0 Å². The van der Waals surface area contributed by atoms with E-state index in [9.17, 15) is 13.6 Å². The molecule has 1 atom stereocenters. The number of primary amides is 1. The van der Waals surface area contributed by atoms with Crippen LogP contribution in [0.5, 0.6) is 0 Å². The molecule has 0 saturated heterocycles. The third kappa shape index (κ3) is 2.05. The lowest BCUT2D eigenvalue weighted by atomic mass is 10.1. The van der Waals surface area contributed by atoms with Crippen LogP contribution in [-0.4, -0.2) is 13.0 Å². The van der Waals surface area contributed by atoms with Crippen LogP contribution in [0.15, 0.2) is 18.2 Å². The molecule has 0 aliphatic heterocycles. The lowest BCUT2D eigenvalue weighted by Crippen LogP contribution is -2.31. The Morgan fingerprint density at radius 1 is 1.50 bits per heavy atom. The number of hydrogen-bond acceptors (Lipinski definition) is 2. The zero-order chi connectivity index (χ0) is 10.7. The van der Waals surface area contributed by atoms with Crippen LogP contribution >= 0.6 is 0 Å². The highest BCUT2D eigenvalue weighted by Gasteiger charge is 2.19. The molecule has 1 aromatic rings. The van der Waals surface area contributed by atoms with Crippen molar-refractivity contribution in [1.29, 1.82) is 0 Å². The van der Waals surface area contributed by atoms with E-state index in [-0.39, 0.29) is 5.56 Å². The van der Waals surface area contributed by atoms with Gasteiger partial charge in [-0.25, -0.2) is 8.78 Å². The van der Waals surface area contributed by atoms with Gasteiger partial charge >= 0.3 is 0 Å². The van der Waals surface area contributed by atoms with Crippen LogP contribution in [0.1, 0.15) is 11.6 Å². The normalized spacial score (nSPS) is 12.5. The number of benzene rings is 1. The first kappa shape index (κ1) is 10.6. The summed E-state index contributed by atoms with van der Waals surface area (Å²) in [5.74, 6) is -2.19. The Morgan fingerprint density at radius 2 is 2.14 bits per heavy atom. The molecule has 0 radical (unpaired) electrons. The summed E-state index contributed by atoms with van der Waals surface area (Å²) in [6.07, 6.45) is 0. The van der Waals surface area contributed by atoms with E-state index in [2.05, 4.69) is 5.32 Å². The minimum Gasteiger partial charge on any atom is -0.368 e. The van der Waals surface area contributed by atoms with Gasteiger partial charge in [0.1, 0.15) is 17.7 Å². The molecule has 0 saturated carbocycles. The molecule has 14 heavy (non-hydrogen) atoms. The van der Waals surface area contributed by atoms with Gasteiger partial charge in [-0.1, -0.05) is 6.07 Å². The number of halogens is 2. The predicted octanol–water partition coefficient (Wildman–Crippen LogP) is 0.711. The standard InChI is InChI=1S/C9H10F2N2O/c1-13-8(9(12)14)6-3-2-5(10)4-7(6)11/h2-4,8,13H,1H3,(H2,12,14)/t8-/m1/s1. The molecule has 3 N–H and O–H groups in total. The maximum absolute atomic E-state index is 13.2. The molecule has 0 fully saturated rings. The van der Waals surface area contributed by atoms with E-state index in [1.807, 2.05) is 0 Å². The van der Waals surface area contributed by atoms with Gasteiger partial charge in [0.2, 0.25) is 5.91 Å². The van der Waals surface area contributed by atoms with Gasteiger partial charge in [0.05, 0.1) is 0 Å². The van der Waals surface area contributed by atoms with Crippen molar-refractivity contribution in [3.8, 4) is 0 Å². The molecule has 0 aliphatic rings. The summed E-state index contributed by atoms with van der Waals surface area (Å²) in [5.41, 5.74) is 5.07. The first-order valence-corrected chi connectivity index (χ1v) is 3.97. The van der Waals surface area contributed by atoms with Gasteiger partial charge in [-0.05, 0) is 13.1 Å². The maximum atomic E-state index is 13.2. The molecule has 0 spiro atoms. The zero-order valence-electron chi connectivity index (χ0n) is 7.55. The molecule has 0 bridgehead atoms. The van der Waals surface area contributed by atoms with Crippen LogP contribution in [0.2, 0.25) is 0 Å². The number of nitrogens with two attached hydrogens (primary N) is 1. The fourth-order valence-corrected chi connectivity index (χ4v) is 1.19. The van der Waals surface area contributed by atoms with E-state index in [0.29, 0.717) is 6.07 Å². The van der Waals surface area contributed by atoms with Crippen LogP contribution in [0, 0.1) is 11.6 Å². The van der Waals surface area contributed by atoms with Crippen LogP contribution in [0.3, 0.4) is 0 Å². The molecular formula is C9H10F2N2O. The number of rotatable bonds is 3. The lowest BCUT2D eigenvalue weighted by molar-refractivity contribution is -0.120. The second-order valence-electron chi connectivity index (χ2n) is 2.79. The Bertz CT molecular complexity index is 355. The highest BCUT2D eigenvalue weighted by Crippen LogP contribution is 2.17. The van der Waals surface area contributed by atoms with Crippen LogP contribution in [0.4, 0.5) is 8.78 Å². The average Bonchev–Trinajstić information content (AvgIpc) is 2.09. The van der Waals surface area contributed by atoms with Crippen molar-refractivity contribution in [2.45, 2.75) is 6.04 Å². The molecule has 0 aliphatic carbocycles. The van der Waals surface area contributed by atoms with E-state index in [1.165, 1.54) is 13.1 Å². The molecule has 5 heteroatoms. The van der Waals surface area contributed by atoms with Gasteiger partial charge in [-0.3, -0.25) is 4.79 Å². The summed E-state index contributed by atoms with van der Waals surface area (Å²) in [6, 6.07) is 2.04. The van der Waals surface area contributed by atoms with Crippen LogP contribution in [0.25, 0.3) is 0 Å². The number of carbonyl (C=O) groups excluding carboxylic acids is 1. The van der Waals surface area contributed by atoms with Crippen LogP contribution in [-0.2, 0) is 4.79 Å². The van der Waals surface area contributed by atoms with E-state index in [4.69, 9.17) is 5.73 Å². The third-order valence-corrected chi connectivity index (χ3v) is 1.85. The first-order chi connectivity index (χ1) is 6.56. The van der Waals surface area contributed by atoms with Crippen molar-refractivity contribution in [1.82, 2.24) is 5.32 Å². The summed E-state index contributed by atoms with van der Waals surface area (Å²) < 4.78 is 25.7. The lowest BCUT2D eigenvalue weighted by Gasteiger charge is -2.13. The molecule has 3 nitrogen and oxygen atoms in total. The molecule has 0 aromatic heterocycles. The second kappa shape index (κ2) is 4.15. The smallest absolute Gasteiger partial charge is 0.239 e. The van der Waals surface area contributed by atoms with E-state index >= 15 is 0 Å². The maximum Gasteiger partial charge on any atom is 0.239 e. The van der Waals surface area contributed by atoms with Gasteiger partial charge < -0.3 is 11.1 Å². The third-order valence-electron chi connectivity index (χ3n) is 1.85. The summed E-state index contributed by atoms with van der Waals surface area (Å²) in [5, 5.41) is 2.54. The van der Waals surface area contributed by atoms with Crippen molar-refractivity contribution < 1.29 is 13.6 Å². The molecule has 1 aromatic carbocycles. The number of hydrogen-bond donors (Lipinski definition) is 2.